The molecule has 0 aliphatic rings. The number of thioether (sulfide) groups is 1. The first-order valence-corrected chi connectivity index (χ1v) is 8.17. The molecule has 0 aliphatic carbocycles. The number of hydrogen-bond donors (Lipinski definition) is 0. The first kappa shape index (κ1) is 13.7. The predicted molar refractivity (Wildman–Crippen MR) is 83.4 cm³/mol. The molecule has 0 N–H and O–H groups in total. The molecule has 0 unspecified atom stereocenters. The average Bonchev–Trinajstić information content (AvgIpc) is 3.06. The molecule has 2 heterocycles. The fraction of sp³-hybridized carbons (Fsp3) is 0.143. The Morgan fingerprint density at radius 2 is 2.05 bits per heavy atom. The highest BCUT2D eigenvalue weighted by Crippen LogP contribution is 2.30. The quantitative estimate of drug-likeness (QED) is 0.630. The van der Waals surface area contributed by atoms with E-state index in [0.717, 1.165) is 21.2 Å². The lowest BCUT2D eigenvalue weighted by Crippen LogP contribution is -1.81. The summed E-state index contributed by atoms with van der Waals surface area (Å²) in [6, 6.07) is 11.9. The average molecular weight is 323 g/mol. The third kappa shape index (κ3) is 3.06. The Labute approximate surface area is 130 Å². The number of rotatable bonds is 4. The van der Waals surface area contributed by atoms with E-state index < -0.39 is 0 Å². The van der Waals surface area contributed by atoms with Crippen LogP contribution in [0.5, 0.6) is 0 Å². The van der Waals surface area contributed by atoms with Gasteiger partial charge in [0.1, 0.15) is 0 Å². The highest BCUT2D eigenvalue weighted by atomic mass is 35.5. The number of hydrogen-bond acceptors (Lipinski definition) is 5. The first-order chi connectivity index (χ1) is 9.72. The topological polar surface area (TPSA) is 38.9 Å². The molecule has 0 spiro atoms. The SMILES string of the molecule is Cc1ccccc1-c1nnc(SCc2ccc(Cl)s2)o1. The van der Waals surface area contributed by atoms with E-state index in [1.165, 1.54) is 16.6 Å². The largest absolute Gasteiger partial charge is 0.411 e. The lowest BCUT2D eigenvalue weighted by molar-refractivity contribution is 0.465. The van der Waals surface area contributed by atoms with Crippen molar-refractivity contribution in [2.75, 3.05) is 0 Å². The number of aromatic nitrogens is 2. The normalized spacial score (nSPS) is 10.9. The summed E-state index contributed by atoms with van der Waals surface area (Å²) in [5.74, 6) is 1.35. The predicted octanol–water partition coefficient (Wildman–Crippen LogP) is 5.05. The van der Waals surface area contributed by atoms with E-state index in [2.05, 4.69) is 10.2 Å². The molecule has 3 aromatic rings. The monoisotopic (exact) mass is 322 g/mol. The summed E-state index contributed by atoms with van der Waals surface area (Å²) in [6.07, 6.45) is 0. The Hall–Kier alpha value is -1.30. The van der Waals surface area contributed by atoms with Crippen LogP contribution in [0.4, 0.5) is 0 Å². The molecule has 20 heavy (non-hydrogen) atoms. The maximum atomic E-state index is 5.90. The van der Waals surface area contributed by atoms with Gasteiger partial charge in [0.25, 0.3) is 5.22 Å². The summed E-state index contributed by atoms with van der Waals surface area (Å²) in [5, 5.41) is 8.75. The number of nitrogens with zero attached hydrogens (tertiary/aromatic N) is 2. The van der Waals surface area contributed by atoms with Crippen molar-refractivity contribution < 1.29 is 4.42 Å². The highest BCUT2D eigenvalue weighted by molar-refractivity contribution is 7.98. The van der Waals surface area contributed by atoms with Crippen molar-refractivity contribution in [3.8, 4) is 11.5 Å². The molecule has 0 saturated carbocycles. The van der Waals surface area contributed by atoms with Gasteiger partial charge in [-0.25, -0.2) is 0 Å². The Morgan fingerprint density at radius 3 is 2.80 bits per heavy atom. The minimum absolute atomic E-state index is 0.565. The second-order valence-corrected chi connectivity index (χ2v) is 6.91. The first-order valence-electron chi connectivity index (χ1n) is 5.99. The van der Waals surface area contributed by atoms with Gasteiger partial charge in [0.05, 0.1) is 4.34 Å². The molecule has 0 radical (unpaired) electrons. The third-order valence-corrected chi connectivity index (χ3v) is 5.03. The Bertz CT molecular complexity index is 723. The van der Waals surface area contributed by atoms with Crippen LogP contribution in [0.15, 0.2) is 46.0 Å². The summed E-state index contributed by atoms with van der Waals surface area (Å²) in [6.45, 7) is 2.03. The Kier molecular flexibility index (Phi) is 4.10. The van der Waals surface area contributed by atoms with E-state index in [-0.39, 0.29) is 0 Å². The van der Waals surface area contributed by atoms with E-state index in [9.17, 15) is 0 Å². The minimum atomic E-state index is 0.565. The summed E-state index contributed by atoms with van der Waals surface area (Å²) in [4.78, 5) is 1.19. The number of aryl methyl sites for hydroxylation is 1. The van der Waals surface area contributed by atoms with Gasteiger partial charge in [0.15, 0.2) is 0 Å². The van der Waals surface area contributed by atoms with Crippen molar-refractivity contribution in [2.24, 2.45) is 0 Å². The van der Waals surface area contributed by atoms with Gasteiger partial charge in [-0.1, -0.05) is 41.6 Å². The number of thiophene rings is 1. The molecule has 6 heteroatoms. The zero-order chi connectivity index (χ0) is 13.9. The van der Waals surface area contributed by atoms with Gasteiger partial charge in [0.2, 0.25) is 5.89 Å². The van der Waals surface area contributed by atoms with Gasteiger partial charge < -0.3 is 4.42 Å². The molecule has 0 amide bonds. The molecule has 0 bridgehead atoms. The lowest BCUT2D eigenvalue weighted by Gasteiger charge is -1.98. The number of benzene rings is 1. The fourth-order valence-electron chi connectivity index (χ4n) is 1.75. The highest BCUT2D eigenvalue weighted by Gasteiger charge is 2.11. The van der Waals surface area contributed by atoms with Crippen LogP contribution >= 0.6 is 34.7 Å². The van der Waals surface area contributed by atoms with Crippen molar-refractivity contribution in [1.82, 2.24) is 10.2 Å². The van der Waals surface area contributed by atoms with Crippen molar-refractivity contribution in [2.45, 2.75) is 17.9 Å². The van der Waals surface area contributed by atoms with Crippen LogP contribution in [-0.2, 0) is 5.75 Å². The molecule has 0 aliphatic heterocycles. The zero-order valence-electron chi connectivity index (χ0n) is 10.7. The lowest BCUT2D eigenvalue weighted by atomic mass is 10.1. The second-order valence-electron chi connectivity index (χ2n) is 4.18. The third-order valence-electron chi connectivity index (χ3n) is 2.75. The molecular formula is C14H11ClN2OS2. The molecule has 0 atom stereocenters. The van der Waals surface area contributed by atoms with Gasteiger partial charge in [-0.15, -0.1) is 21.5 Å². The van der Waals surface area contributed by atoms with Crippen molar-refractivity contribution in [1.29, 1.82) is 0 Å². The van der Waals surface area contributed by atoms with Crippen LogP contribution < -0.4 is 0 Å². The van der Waals surface area contributed by atoms with E-state index in [1.54, 1.807) is 11.3 Å². The van der Waals surface area contributed by atoms with Gasteiger partial charge in [0, 0.05) is 16.2 Å². The Morgan fingerprint density at radius 1 is 1.20 bits per heavy atom. The van der Waals surface area contributed by atoms with Crippen LogP contribution in [0.25, 0.3) is 11.5 Å². The van der Waals surface area contributed by atoms with E-state index in [0.29, 0.717) is 11.1 Å². The second kappa shape index (κ2) is 5.99. The van der Waals surface area contributed by atoms with Crippen LogP contribution in [-0.4, -0.2) is 10.2 Å². The minimum Gasteiger partial charge on any atom is -0.411 e. The van der Waals surface area contributed by atoms with Crippen LogP contribution in [0.2, 0.25) is 4.34 Å². The smallest absolute Gasteiger partial charge is 0.277 e. The molecular weight excluding hydrogens is 312 g/mol. The van der Waals surface area contributed by atoms with E-state index in [4.69, 9.17) is 16.0 Å². The van der Waals surface area contributed by atoms with Gasteiger partial charge >= 0.3 is 0 Å². The standard InChI is InChI=1S/C14H11ClN2OS2/c1-9-4-2-3-5-11(9)13-16-17-14(18-13)19-8-10-6-7-12(15)20-10/h2-7H,8H2,1H3. The fourth-order valence-corrected chi connectivity index (χ4v) is 3.65. The molecule has 0 fully saturated rings. The van der Waals surface area contributed by atoms with E-state index in [1.807, 2.05) is 43.3 Å². The molecule has 102 valence electrons. The molecule has 3 nitrogen and oxygen atoms in total. The van der Waals surface area contributed by atoms with E-state index >= 15 is 0 Å². The molecule has 3 rings (SSSR count). The maximum Gasteiger partial charge on any atom is 0.277 e. The number of halogens is 1. The molecule has 0 saturated heterocycles. The summed E-state index contributed by atoms with van der Waals surface area (Å²) < 4.78 is 6.49. The van der Waals surface area contributed by atoms with Crippen molar-refractivity contribution in [3.05, 3.63) is 51.2 Å². The Balaban J connectivity index is 1.72. The summed E-state index contributed by atoms with van der Waals surface area (Å²) in [5.41, 5.74) is 2.10. The van der Waals surface area contributed by atoms with Crippen LogP contribution in [0, 0.1) is 6.92 Å². The van der Waals surface area contributed by atoms with Gasteiger partial charge in [-0.3, -0.25) is 0 Å². The van der Waals surface area contributed by atoms with Gasteiger partial charge in [-0.05, 0) is 30.7 Å². The van der Waals surface area contributed by atoms with Crippen molar-refractivity contribution >= 4 is 34.7 Å². The van der Waals surface area contributed by atoms with Gasteiger partial charge in [-0.2, -0.15) is 0 Å². The van der Waals surface area contributed by atoms with Crippen LogP contribution in [0.3, 0.4) is 0 Å². The zero-order valence-corrected chi connectivity index (χ0v) is 13.1. The molecule has 1 aromatic carbocycles. The van der Waals surface area contributed by atoms with Crippen molar-refractivity contribution in [3.63, 3.8) is 0 Å². The summed E-state index contributed by atoms with van der Waals surface area (Å²) >= 11 is 8.99. The van der Waals surface area contributed by atoms with Crippen LogP contribution in [0.1, 0.15) is 10.4 Å². The summed E-state index contributed by atoms with van der Waals surface area (Å²) in [7, 11) is 0. The molecule has 2 aromatic heterocycles. The maximum absolute atomic E-state index is 5.90.